The Morgan fingerprint density at radius 3 is 2.13 bits per heavy atom. The van der Waals surface area contributed by atoms with Crippen molar-refractivity contribution >= 4 is 10.0 Å². The third-order valence-corrected chi connectivity index (χ3v) is 2.71. The van der Waals surface area contributed by atoms with Gasteiger partial charge >= 0.3 is 15.5 Å². The van der Waals surface area contributed by atoms with E-state index >= 15 is 0 Å². The van der Waals surface area contributed by atoms with Gasteiger partial charge in [-0.15, -0.1) is 0 Å². The molecule has 0 heterocycles. The van der Waals surface area contributed by atoms with Gasteiger partial charge in [-0.1, -0.05) is 13.8 Å². The first-order chi connectivity index (χ1) is 6.56. The molecular weight excluding hydrogens is 235 g/mol. The second-order valence-electron chi connectivity index (χ2n) is 3.58. The summed E-state index contributed by atoms with van der Waals surface area (Å²) in [6.07, 6.45) is -0.873. The summed E-state index contributed by atoms with van der Waals surface area (Å²) in [6, 6.07) is 0. The van der Waals surface area contributed by atoms with E-state index in [0.29, 0.717) is 0 Å². The molecule has 0 aliphatic carbocycles. The van der Waals surface area contributed by atoms with Gasteiger partial charge in [0.25, 0.3) is 0 Å². The smallest absolute Gasteiger partial charge is 0.392 e. The molecule has 0 aromatic heterocycles. The van der Waals surface area contributed by atoms with Crippen molar-refractivity contribution in [1.29, 1.82) is 0 Å². The van der Waals surface area contributed by atoms with Crippen LogP contribution >= 0.6 is 0 Å². The fourth-order valence-electron chi connectivity index (χ4n) is 0.915. The van der Waals surface area contributed by atoms with Crippen LogP contribution in [0.15, 0.2) is 0 Å². The molecule has 0 aromatic carbocycles. The molecule has 0 amide bonds. The summed E-state index contributed by atoms with van der Waals surface area (Å²) < 4.78 is 57.7. The molecule has 0 bridgehead atoms. The Morgan fingerprint density at radius 1 is 1.33 bits per heavy atom. The highest BCUT2D eigenvalue weighted by Crippen LogP contribution is 2.21. The normalized spacial score (nSPS) is 15.7. The van der Waals surface area contributed by atoms with Gasteiger partial charge in [0.05, 0.1) is 6.10 Å². The van der Waals surface area contributed by atoms with Crippen LogP contribution in [0.2, 0.25) is 0 Å². The standard InChI is InChI=1S/C7H14F3NO3S/c1-5(2)3-6(12)4-11-15(13,14)7(8,9)10/h5-6,11-12H,3-4H2,1-2H3. The van der Waals surface area contributed by atoms with Crippen molar-refractivity contribution in [3.05, 3.63) is 0 Å². The Labute approximate surface area is 86.5 Å². The van der Waals surface area contributed by atoms with Crippen LogP contribution in [0.5, 0.6) is 0 Å². The quantitative estimate of drug-likeness (QED) is 0.758. The Balaban J connectivity index is 4.17. The highest BCUT2D eigenvalue weighted by Gasteiger charge is 2.45. The third kappa shape index (κ3) is 5.33. The molecule has 0 spiro atoms. The molecule has 2 N–H and O–H groups in total. The SMILES string of the molecule is CC(C)CC(O)CNS(=O)(=O)C(F)(F)F. The zero-order valence-corrected chi connectivity index (χ0v) is 9.19. The van der Waals surface area contributed by atoms with E-state index in [-0.39, 0.29) is 12.3 Å². The van der Waals surface area contributed by atoms with E-state index in [1.165, 1.54) is 4.72 Å². The molecule has 92 valence electrons. The van der Waals surface area contributed by atoms with Crippen LogP contribution in [-0.4, -0.2) is 31.7 Å². The van der Waals surface area contributed by atoms with Crippen LogP contribution in [0.1, 0.15) is 20.3 Å². The summed E-state index contributed by atoms with van der Waals surface area (Å²) in [5, 5.41) is 9.15. The molecule has 0 radical (unpaired) electrons. The predicted molar refractivity (Wildman–Crippen MR) is 48.4 cm³/mol. The number of hydrogen-bond donors (Lipinski definition) is 2. The maximum atomic E-state index is 11.8. The molecule has 0 aromatic rings. The summed E-state index contributed by atoms with van der Waals surface area (Å²) in [4.78, 5) is 0. The van der Waals surface area contributed by atoms with E-state index in [0.717, 1.165) is 0 Å². The zero-order chi connectivity index (χ0) is 12.3. The number of sulfonamides is 1. The Bertz CT molecular complexity index is 286. The fraction of sp³-hybridized carbons (Fsp3) is 1.00. The minimum Gasteiger partial charge on any atom is -0.392 e. The first-order valence-electron chi connectivity index (χ1n) is 4.30. The van der Waals surface area contributed by atoms with Crippen LogP contribution in [0, 0.1) is 5.92 Å². The number of rotatable bonds is 5. The second-order valence-corrected chi connectivity index (χ2v) is 5.34. The molecule has 15 heavy (non-hydrogen) atoms. The summed E-state index contributed by atoms with van der Waals surface area (Å²) in [5.41, 5.74) is -5.33. The van der Waals surface area contributed by atoms with Crippen LogP contribution < -0.4 is 4.72 Å². The molecule has 0 aliphatic rings. The molecule has 0 fully saturated rings. The van der Waals surface area contributed by atoms with Crippen molar-refractivity contribution in [1.82, 2.24) is 4.72 Å². The molecule has 4 nitrogen and oxygen atoms in total. The Kier molecular flexibility index (Phi) is 5.01. The van der Waals surface area contributed by atoms with Crippen molar-refractivity contribution in [2.24, 2.45) is 5.92 Å². The van der Waals surface area contributed by atoms with Crippen LogP contribution in [0.3, 0.4) is 0 Å². The first kappa shape index (κ1) is 14.7. The van der Waals surface area contributed by atoms with Crippen molar-refractivity contribution in [2.45, 2.75) is 31.9 Å². The van der Waals surface area contributed by atoms with E-state index < -0.39 is 28.2 Å². The van der Waals surface area contributed by atoms with E-state index in [1.54, 1.807) is 13.8 Å². The number of halogens is 3. The molecule has 0 rings (SSSR count). The minimum atomic E-state index is -5.34. The van der Waals surface area contributed by atoms with E-state index in [4.69, 9.17) is 5.11 Å². The lowest BCUT2D eigenvalue weighted by Crippen LogP contribution is -2.40. The average molecular weight is 249 g/mol. The summed E-state index contributed by atoms with van der Waals surface area (Å²) in [6.45, 7) is 2.91. The maximum absolute atomic E-state index is 11.8. The number of alkyl halides is 3. The van der Waals surface area contributed by atoms with Gasteiger partial charge in [0.1, 0.15) is 0 Å². The maximum Gasteiger partial charge on any atom is 0.511 e. The molecular formula is C7H14F3NO3S. The topological polar surface area (TPSA) is 66.4 Å². The Hall–Kier alpha value is -0.340. The molecule has 8 heteroatoms. The number of aliphatic hydroxyl groups excluding tert-OH is 1. The van der Waals surface area contributed by atoms with Gasteiger partial charge in [0.2, 0.25) is 0 Å². The number of nitrogens with one attached hydrogen (secondary N) is 1. The lowest BCUT2D eigenvalue weighted by Gasteiger charge is -2.14. The zero-order valence-electron chi connectivity index (χ0n) is 8.37. The summed E-state index contributed by atoms with van der Waals surface area (Å²) >= 11 is 0. The molecule has 1 atom stereocenters. The van der Waals surface area contributed by atoms with Gasteiger partial charge in [0.15, 0.2) is 0 Å². The van der Waals surface area contributed by atoms with Crippen molar-refractivity contribution < 1.29 is 26.7 Å². The van der Waals surface area contributed by atoms with Crippen LogP contribution in [0.25, 0.3) is 0 Å². The Morgan fingerprint density at radius 2 is 1.80 bits per heavy atom. The molecule has 1 unspecified atom stereocenters. The van der Waals surface area contributed by atoms with Crippen LogP contribution in [0.4, 0.5) is 13.2 Å². The van der Waals surface area contributed by atoms with Gasteiger partial charge in [-0.25, -0.2) is 13.1 Å². The second kappa shape index (κ2) is 5.13. The van der Waals surface area contributed by atoms with Crippen molar-refractivity contribution in [3.8, 4) is 0 Å². The predicted octanol–water partition coefficient (Wildman–Crippen LogP) is 0.833. The van der Waals surface area contributed by atoms with Crippen molar-refractivity contribution in [2.75, 3.05) is 6.54 Å². The van der Waals surface area contributed by atoms with Gasteiger partial charge in [-0.05, 0) is 12.3 Å². The van der Waals surface area contributed by atoms with E-state index in [1.807, 2.05) is 0 Å². The van der Waals surface area contributed by atoms with E-state index in [9.17, 15) is 21.6 Å². The number of hydrogen-bond acceptors (Lipinski definition) is 3. The van der Waals surface area contributed by atoms with Gasteiger partial charge in [-0.2, -0.15) is 13.2 Å². The summed E-state index contributed by atoms with van der Waals surface area (Å²) in [5.74, 6) is 0.0791. The highest BCUT2D eigenvalue weighted by atomic mass is 32.2. The van der Waals surface area contributed by atoms with Gasteiger partial charge in [-0.3, -0.25) is 0 Å². The fourth-order valence-corrected chi connectivity index (χ4v) is 1.49. The monoisotopic (exact) mass is 249 g/mol. The van der Waals surface area contributed by atoms with Gasteiger partial charge in [0, 0.05) is 6.54 Å². The third-order valence-electron chi connectivity index (χ3n) is 1.56. The van der Waals surface area contributed by atoms with Gasteiger partial charge < -0.3 is 5.11 Å². The van der Waals surface area contributed by atoms with Crippen LogP contribution in [-0.2, 0) is 10.0 Å². The lowest BCUT2D eigenvalue weighted by molar-refractivity contribution is -0.0450. The summed E-state index contributed by atoms with van der Waals surface area (Å²) in [7, 11) is -5.34. The lowest BCUT2D eigenvalue weighted by atomic mass is 10.1. The molecule has 0 saturated heterocycles. The molecule has 0 saturated carbocycles. The average Bonchev–Trinajstić information content (AvgIpc) is 1.97. The van der Waals surface area contributed by atoms with E-state index in [2.05, 4.69) is 0 Å². The molecule has 0 aliphatic heterocycles. The number of aliphatic hydroxyl groups is 1. The minimum absolute atomic E-state index is 0.0791. The first-order valence-corrected chi connectivity index (χ1v) is 5.78. The highest BCUT2D eigenvalue weighted by molar-refractivity contribution is 7.90. The largest absolute Gasteiger partial charge is 0.511 e. The van der Waals surface area contributed by atoms with Crippen molar-refractivity contribution in [3.63, 3.8) is 0 Å².